The van der Waals surface area contributed by atoms with Crippen LogP contribution in [0, 0.1) is 0 Å². The smallest absolute Gasteiger partial charge is 0.328 e. The molecule has 0 aliphatic carbocycles. The molecule has 0 aromatic heterocycles. The number of fused-ring (bicyclic) bond motifs is 1. The second kappa shape index (κ2) is 8.46. The maximum Gasteiger partial charge on any atom is 0.328 e. The molecular weight excluding hydrogens is 406 g/mol. The first-order chi connectivity index (χ1) is 14.3. The highest BCUT2D eigenvalue weighted by atomic mass is 32.2. The van der Waals surface area contributed by atoms with Gasteiger partial charge in [-0.3, -0.25) is 4.31 Å². The van der Waals surface area contributed by atoms with Gasteiger partial charge in [0, 0.05) is 13.1 Å². The van der Waals surface area contributed by atoms with Gasteiger partial charge in [-0.15, -0.1) is 0 Å². The molecule has 0 heterocycles. The first-order valence-corrected chi connectivity index (χ1v) is 10.4. The summed E-state index contributed by atoms with van der Waals surface area (Å²) in [6.45, 7) is 0. The van der Waals surface area contributed by atoms with E-state index < -0.39 is 16.0 Å². The van der Waals surface area contributed by atoms with E-state index in [2.05, 4.69) is 0 Å². The number of benzene rings is 3. The molecule has 0 fully saturated rings. The normalized spacial score (nSPS) is 11.6. The van der Waals surface area contributed by atoms with Crippen molar-refractivity contribution in [3.8, 4) is 11.5 Å². The molecule has 0 saturated heterocycles. The van der Waals surface area contributed by atoms with Crippen LogP contribution in [0.5, 0.6) is 11.5 Å². The molecule has 156 valence electrons. The van der Waals surface area contributed by atoms with Crippen LogP contribution < -0.4 is 13.8 Å². The Labute approximate surface area is 174 Å². The van der Waals surface area contributed by atoms with Crippen LogP contribution in [-0.2, 0) is 14.8 Å². The first kappa shape index (κ1) is 21.2. The van der Waals surface area contributed by atoms with Crippen LogP contribution in [0.4, 0.5) is 5.69 Å². The predicted molar refractivity (Wildman–Crippen MR) is 116 cm³/mol. The molecule has 0 atom stereocenters. The third kappa shape index (κ3) is 4.08. The minimum atomic E-state index is -4.05. The molecule has 3 aromatic rings. The molecule has 30 heavy (non-hydrogen) atoms. The van der Waals surface area contributed by atoms with Crippen molar-refractivity contribution in [1.82, 2.24) is 0 Å². The van der Waals surface area contributed by atoms with E-state index in [0.29, 0.717) is 11.3 Å². The fraction of sp³-hybridized carbons (Fsp3) is 0.136. The number of carbonyl (C=O) groups is 1. The van der Waals surface area contributed by atoms with Gasteiger partial charge in [-0.1, -0.05) is 30.3 Å². The first-order valence-electron chi connectivity index (χ1n) is 8.92. The summed E-state index contributed by atoms with van der Waals surface area (Å²) in [7, 11) is 0.127. The number of ether oxygens (including phenoxy) is 2. The van der Waals surface area contributed by atoms with Crippen LogP contribution in [0.2, 0.25) is 0 Å². The number of hydrogen-bond donors (Lipinski definition) is 1. The van der Waals surface area contributed by atoms with Crippen molar-refractivity contribution in [3.05, 3.63) is 66.2 Å². The maximum atomic E-state index is 13.5. The number of methoxy groups -OCH3 is 2. The van der Waals surface area contributed by atoms with Gasteiger partial charge in [0.25, 0.3) is 10.0 Å². The van der Waals surface area contributed by atoms with Crippen LogP contribution in [-0.4, -0.2) is 40.8 Å². The number of carboxylic acids is 1. The Bertz CT molecular complexity index is 1230. The summed E-state index contributed by atoms with van der Waals surface area (Å²) in [5, 5.41) is 10.8. The third-order valence-electron chi connectivity index (χ3n) is 4.62. The lowest BCUT2D eigenvalue weighted by atomic mass is 10.1. The number of hydrogen-bond acceptors (Lipinski definition) is 5. The highest BCUT2D eigenvalue weighted by Gasteiger charge is 2.28. The number of anilines is 1. The second-order valence-electron chi connectivity index (χ2n) is 6.43. The lowest BCUT2D eigenvalue weighted by Gasteiger charge is -2.22. The molecular formula is C22H21NO6S. The van der Waals surface area contributed by atoms with Gasteiger partial charge in [-0.05, 0) is 46.7 Å². The highest BCUT2D eigenvalue weighted by Crippen LogP contribution is 2.38. The maximum absolute atomic E-state index is 13.5. The fourth-order valence-corrected chi connectivity index (χ4v) is 4.45. The Hall–Kier alpha value is -3.52. The van der Waals surface area contributed by atoms with Gasteiger partial charge in [0.1, 0.15) is 4.90 Å². The van der Waals surface area contributed by atoms with Crippen LogP contribution in [0.3, 0.4) is 0 Å². The van der Waals surface area contributed by atoms with E-state index >= 15 is 0 Å². The second-order valence-corrected chi connectivity index (χ2v) is 8.37. The van der Waals surface area contributed by atoms with Crippen molar-refractivity contribution in [2.45, 2.75) is 4.90 Å². The summed E-state index contributed by atoms with van der Waals surface area (Å²) < 4.78 is 38.7. The molecule has 3 aromatic carbocycles. The van der Waals surface area contributed by atoms with Gasteiger partial charge in [-0.2, -0.15) is 0 Å². The molecule has 3 rings (SSSR count). The molecule has 0 saturated carbocycles. The molecule has 0 spiro atoms. The molecule has 1 N–H and O–H groups in total. The number of aliphatic carboxylic acids is 1. The minimum Gasteiger partial charge on any atom is -0.493 e. The zero-order chi connectivity index (χ0) is 21.9. The summed E-state index contributed by atoms with van der Waals surface area (Å²) in [4.78, 5) is 10.7. The van der Waals surface area contributed by atoms with E-state index in [9.17, 15) is 13.2 Å². The van der Waals surface area contributed by atoms with E-state index in [-0.39, 0.29) is 16.4 Å². The lowest BCUT2D eigenvalue weighted by molar-refractivity contribution is -0.131. The number of nitrogens with zero attached hydrogens (tertiary/aromatic N) is 1. The van der Waals surface area contributed by atoms with Crippen molar-refractivity contribution in [2.75, 3.05) is 25.6 Å². The minimum absolute atomic E-state index is 0.0395. The van der Waals surface area contributed by atoms with Gasteiger partial charge < -0.3 is 14.6 Å². The topological polar surface area (TPSA) is 93.1 Å². The van der Waals surface area contributed by atoms with Gasteiger partial charge in [0.2, 0.25) is 0 Å². The zero-order valence-corrected chi connectivity index (χ0v) is 17.5. The molecule has 0 aliphatic heterocycles. The number of sulfonamides is 1. The van der Waals surface area contributed by atoms with E-state index in [0.717, 1.165) is 21.2 Å². The van der Waals surface area contributed by atoms with Crippen molar-refractivity contribution in [3.63, 3.8) is 0 Å². The summed E-state index contributed by atoms with van der Waals surface area (Å²) in [6.07, 6.45) is 2.21. The summed E-state index contributed by atoms with van der Waals surface area (Å²) in [6, 6.07) is 15.9. The highest BCUT2D eigenvalue weighted by molar-refractivity contribution is 7.93. The van der Waals surface area contributed by atoms with E-state index in [4.69, 9.17) is 14.6 Å². The summed E-state index contributed by atoms with van der Waals surface area (Å²) in [5.74, 6) is -0.935. The largest absolute Gasteiger partial charge is 0.493 e. The molecule has 8 heteroatoms. The molecule has 0 aliphatic rings. The Morgan fingerprint density at radius 2 is 1.70 bits per heavy atom. The zero-order valence-electron chi connectivity index (χ0n) is 16.7. The number of rotatable bonds is 7. The van der Waals surface area contributed by atoms with Crippen LogP contribution in [0.25, 0.3) is 16.8 Å². The fourth-order valence-electron chi connectivity index (χ4n) is 3.06. The quantitative estimate of drug-likeness (QED) is 0.577. The van der Waals surface area contributed by atoms with Gasteiger partial charge in [0.05, 0.1) is 19.9 Å². The molecule has 0 amide bonds. The lowest BCUT2D eigenvalue weighted by Crippen LogP contribution is -2.27. The van der Waals surface area contributed by atoms with Crippen molar-refractivity contribution in [2.24, 2.45) is 0 Å². The monoisotopic (exact) mass is 427 g/mol. The van der Waals surface area contributed by atoms with Crippen LogP contribution in [0.1, 0.15) is 5.56 Å². The molecule has 0 unspecified atom stereocenters. The van der Waals surface area contributed by atoms with E-state index in [1.165, 1.54) is 39.5 Å². The van der Waals surface area contributed by atoms with Gasteiger partial charge >= 0.3 is 5.97 Å². The molecule has 0 radical (unpaired) electrons. The van der Waals surface area contributed by atoms with Crippen molar-refractivity contribution < 1.29 is 27.8 Å². The SMILES string of the molecule is COc1cc(/C=C/C(=O)O)cc(S(=O)(=O)N(C)c2ccc3ccccc3c2)c1OC. The van der Waals surface area contributed by atoms with E-state index in [1.807, 2.05) is 30.3 Å². The van der Waals surface area contributed by atoms with Crippen molar-refractivity contribution >= 4 is 38.5 Å². The van der Waals surface area contributed by atoms with Crippen molar-refractivity contribution in [1.29, 1.82) is 0 Å². The molecule has 0 bridgehead atoms. The average molecular weight is 427 g/mol. The van der Waals surface area contributed by atoms with Gasteiger partial charge in [0.15, 0.2) is 11.5 Å². The molecule has 7 nitrogen and oxygen atoms in total. The van der Waals surface area contributed by atoms with Crippen LogP contribution in [0.15, 0.2) is 65.6 Å². The number of carboxylic acid groups (broad SMARTS) is 1. The standard InChI is InChI=1S/C22H21NO6S/c1-23(18-10-9-16-6-4-5-7-17(16)14-18)30(26,27)20-13-15(8-11-21(24)25)12-19(28-2)22(20)29-3/h4-14H,1-3H3,(H,24,25)/b11-8+. The van der Waals surface area contributed by atoms with Gasteiger partial charge in [-0.25, -0.2) is 13.2 Å². The Kier molecular flexibility index (Phi) is 5.98. The average Bonchev–Trinajstić information content (AvgIpc) is 2.75. The Morgan fingerprint density at radius 3 is 2.33 bits per heavy atom. The summed E-state index contributed by atoms with van der Waals surface area (Å²) >= 11 is 0. The Balaban J connectivity index is 2.14. The van der Waals surface area contributed by atoms with Crippen LogP contribution >= 0.6 is 0 Å². The summed E-state index contributed by atoms with van der Waals surface area (Å²) in [5.41, 5.74) is 0.821. The Morgan fingerprint density at radius 1 is 1.00 bits per heavy atom. The third-order valence-corrected chi connectivity index (χ3v) is 6.41. The van der Waals surface area contributed by atoms with E-state index in [1.54, 1.807) is 12.1 Å². The predicted octanol–water partition coefficient (Wildman–Crippen LogP) is 3.78.